The molecule has 152 valence electrons. The van der Waals surface area contributed by atoms with Crippen LogP contribution in [0.1, 0.15) is 30.2 Å². The lowest BCUT2D eigenvalue weighted by molar-refractivity contribution is 0.281. The molecule has 1 atom stereocenters. The van der Waals surface area contributed by atoms with E-state index in [1.165, 1.54) is 4.88 Å². The molecule has 1 fully saturated rings. The van der Waals surface area contributed by atoms with E-state index >= 15 is 0 Å². The maximum atomic E-state index is 12.8. The third kappa shape index (κ3) is 5.33. The normalized spacial score (nSPS) is 18.8. The van der Waals surface area contributed by atoms with E-state index in [1.54, 1.807) is 34.8 Å². The predicted molar refractivity (Wildman–Crippen MR) is 115 cm³/mol. The third-order valence-corrected chi connectivity index (χ3v) is 7.63. The van der Waals surface area contributed by atoms with Crippen molar-refractivity contribution in [2.75, 3.05) is 20.1 Å². The molecule has 0 saturated carbocycles. The predicted octanol–water partition coefficient (Wildman–Crippen LogP) is 3.03. The Morgan fingerprint density at radius 1 is 1.21 bits per heavy atom. The number of guanidine groups is 1. The second kappa shape index (κ2) is 9.54. The second-order valence-electron chi connectivity index (χ2n) is 7.11. The van der Waals surface area contributed by atoms with Gasteiger partial charge in [-0.1, -0.05) is 25.1 Å². The number of aliphatic imine (C=N–C) groups is 1. The lowest BCUT2D eigenvalue weighted by Gasteiger charge is -2.30. The number of sulfonamides is 1. The molecule has 1 unspecified atom stereocenters. The van der Waals surface area contributed by atoms with Gasteiger partial charge in [-0.3, -0.25) is 4.99 Å². The van der Waals surface area contributed by atoms with Crippen LogP contribution in [0.15, 0.2) is 51.7 Å². The van der Waals surface area contributed by atoms with Gasteiger partial charge in [0.1, 0.15) is 0 Å². The van der Waals surface area contributed by atoms with Crippen molar-refractivity contribution in [3.05, 3.63) is 52.2 Å². The second-order valence-corrected chi connectivity index (χ2v) is 10.1. The molecule has 0 amide bonds. The molecule has 0 bridgehead atoms. The Bertz CT molecular complexity index is 877. The summed E-state index contributed by atoms with van der Waals surface area (Å²) in [6.07, 6.45) is 2.03. The molecular formula is C20H28N4O2S2. The van der Waals surface area contributed by atoms with Crippen LogP contribution in [0.4, 0.5) is 0 Å². The molecule has 1 aliphatic heterocycles. The number of piperidine rings is 1. The molecule has 1 saturated heterocycles. The van der Waals surface area contributed by atoms with Crippen LogP contribution in [0.25, 0.3) is 0 Å². The maximum absolute atomic E-state index is 12.8. The first kappa shape index (κ1) is 20.8. The minimum Gasteiger partial charge on any atom is -0.352 e. The third-order valence-electron chi connectivity index (χ3n) is 4.87. The number of hydrogen-bond donors (Lipinski definition) is 2. The van der Waals surface area contributed by atoms with Gasteiger partial charge < -0.3 is 10.6 Å². The monoisotopic (exact) mass is 420 g/mol. The van der Waals surface area contributed by atoms with Crippen LogP contribution in [0.2, 0.25) is 0 Å². The lowest BCUT2D eigenvalue weighted by atomic mass is 10.0. The smallest absolute Gasteiger partial charge is 0.243 e. The molecule has 0 spiro atoms. The van der Waals surface area contributed by atoms with Crippen molar-refractivity contribution in [2.45, 2.75) is 37.8 Å². The fraction of sp³-hybridized carbons (Fsp3) is 0.450. The van der Waals surface area contributed by atoms with Gasteiger partial charge in [0.15, 0.2) is 5.96 Å². The molecule has 0 radical (unpaired) electrons. The first-order chi connectivity index (χ1) is 13.5. The highest BCUT2D eigenvalue weighted by Crippen LogP contribution is 2.23. The molecule has 6 nitrogen and oxygen atoms in total. The quantitative estimate of drug-likeness (QED) is 0.556. The first-order valence-electron chi connectivity index (χ1n) is 9.55. The molecule has 2 N–H and O–H groups in total. The van der Waals surface area contributed by atoms with E-state index in [1.807, 2.05) is 23.6 Å². The van der Waals surface area contributed by atoms with E-state index in [0.717, 1.165) is 24.9 Å². The average Bonchev–Trinajstić information content (AvgIpc) is 3.22. The zero-order chi connectivity index (χ0) is 20.0. The van der Waals surface area contributed by atoms with Gasteiger partial charge in [0, 0.05) is 31.6 Å². The molecule has 2 heterocycles. The van der Waals surface area contributed by atoms with Crippen molar-refractivity contribution in [1.82, 2.24) is 14.9 Å². The van der Waals surface area contributed by atoms with E-state index < -0.39 is 10.0 Å². The highest BCUT2D eigenvalue weighted by atomic mass is 32.2. The summed E-state index contributed by atoms with van der Waals surface area (Å²) in [7, 11) is -1.67. The molecule has 8 heteroatoms. The van der Waals surface area contributed by atoms with Crippen LogP contribution in [0, 0.1) is 5.92 Å². The van der Waals surface area contributed by atoms with Crippen molar-refractivity contribution >= 4 is 27.3 Å². The standard InChI is InChI=1S/C20H28N4O2S2/c1-16-5-3-11-24(15-16)28(25,26)19-9-7-17(8-10-19)13-22-20(21-2)23-14-18-6-4-12-27-18/h4,6-10,12,16H,3,5,11,13-15H2,1-2H3,(H2,21,22,23). The van der Waals surface area contributed by atoms with E-state index in [9.17, 15) is 8.42 Å². The molecule has 2 aromatic rings. The Balaban J connectivity index is 1.56. The van der Waals surface area contributed by atoms with Gasteiger partial charge in [-0.05, 0) is 47.9 Å². The highest BCUT2D eigenvalue weighted by Gasteiger charge is 2.28. The number of rotatable bonds is 6. The van der Waals surface area contributed by atoms with Crippen LogP contribution < -0.4 is 10.6 Å². The Morgan fingerprint density at radius 2 is 1.96 bits per heavy atom. The number of hydrogen-bond acceptors (Lipinski definition) is 4. The summed E-state index contributed by atoms with van der Waals surface area (Å²) >= 11 is 1.70. The molecular weight excluding hydrogens is 392 g/mol. The van der Waals surface area contributed by atoms with E-state index in [2.05, 4.69) is 28.6 Å². The van der Waals surface area contributed by atoms with Crippen LogP contribution in [0.3, 0.4) is 0 Å². The van der Waals surface area contributed by atoms with Crippen LogP contribution in [-0.4, -0.2) is 38.8 Å². The molecule has 1 aromatic heterocycles. The van der Waals surface area contributed by atoms with E-state index in [0.29, 0.717) is 36.4 Å². The maximum Gasteiger partial charge on any atom is 0.243 e. The Labute approximate surface area is 171 Å². The fourth-order valence-corrected chi connectivity index (χ4v) is 5.53. The van der Waals surface area contributed by atoms with Crippen molar-refractivity contribution in [2.24, 2.45) is 10.9 Å². The van der Waals surface area contributed by atoms with Gasteiger partial charge in [0.2, 0.25) is 10.0 Å². The van der Waals surface area contributed by atoms with Gasteiger partial charge >= 0.3 is 0 Å². The molecule has 3 rings (SSSR count). The van der Waals surface area contributed by atoms with Gasteiger partial charge in [-0.15, -0.1) is 11.3 Å². The SMILES string of the molecule is CN=C(NCc1ccc(S(=O)(=O)N2CCCC(C)C2)cc1)NCc1cccs1. The summed E-state index contributed by atoms with van der Waals surface area (Å²) in [6.45, 7) is 4.63. The number of thiophene rings is 1. The zero-order valence-electron chi connectivity index (χ0n) is 16.4. The fourth-order valence-electron chi connectivity index (χ4n) is 3.28. The minimum atomic E-state index is -3.40. The highest BCUT2D eigenvalue weighted by molar-refractivity contribution is 7.89. The summed E-state index contributed by atoms with van der Waals surface area (Å²) in [6, 6.07) is 11.2. The summed E-state index contributed by atoms with van der Waals surface area (Å²) in [5, 5.41) is 8.58. The topological polar surface area (TPSA) is 73.8 Å². The minimum absolute atomic E-state index is 0.366. The molecule has 28 heavy (non-hydrogen) atoms. The zero-order valence-corrected chi connectivity index (χ0v) is 18.0. The lowest BCUT2D eigenvalue weighted by Crippen LogP contribution is -2.39. The summed E-state index contributed by atoms with van der Waals surface area (Å²) < 4.78 is 27.3. The van der Waals surface area contributed by atoms with Gasteiger partial charge in [0.25, 0.3) is 0 Å². The molecule has 1 aromatic carbocycles. The molecule has 0 aliphatic carbocycles. The van der Waals surface area contributed by atoms with Crippen molar-refractivity contribution in [1.29, 1.82) is 0 Å². The van der Waals surface area contributed by atoms with Crippen molar-refractivity contribution < 1.29 is 8.42 Å². The number of nitrogens with one attached hydrogen (secondary N) is 2. The van der Waals surface area contributed by atoms with Crippen LogP contribution in [0.5, 0.6) is 0 Å². The van der Waals surface area contributed by atoms with E-state index in [-0.39, 0.29) is 0 Å². The van der Waals surface area contributed by atoms with Crippen molar-refractivity contribution in [3.8, 4) is 0 Å². The Kier molecular flexibility index (Phi) is 7.09. The van der Waals surface area contributed by atoms with Crippen LogP contribution in [-0.2, 0) is 23.1 Å². The summed E-state index contributed by atoms with van der Waals surface area (Å²) in [5.74, 6) is 1.13. The van der Waals surface area contributed by atoms with Gasteiger partial charge in [-0.2, -0.15) is 4.31 Å². The first-order valence-corrected chi connectivity index (χ1v) is 11.9. The largest absolute Gasteiger partial charge is 0.352 e. The van der Waals surface area contributed by atoms with Crippen molar-refractivity contribution in [3.63, 3.8) is 0 Å². The van der Waals surface area contributed by atoms with Gasteiger partial charge in [0.05, 0.1) is 11.4 Å². The average molecular weight is 421 g/mol. The Morgan fingerprint density at radius 3 is 2.61 bits per heavy atom. The van der Waals surface area contributed by atoms with Crippen LogP contribution >= 0.6 is 11.3 Å². The summed E-state index contributed by atoms with van der Waals surface area (Å²) in [4.78, 5) is 5.83. The van der Waals surface area contributed by atoms with Gasteiger partial charge in [-0.25, -0.2) is 8.42 Å². The number of nitrogens with zero attached hydrogens (tertiary/aromatic N) is 2. The molecule has 1 aliphatic rings. The Hall–Kier alpha value is -1.90. The van der Waals surface area contributed by atoms with E-state index in [4.69, 9.17) is 0 Å². The number of benzene rings is 1. The summed E-state index contributed by atoms with van der Waals surface area (Å²) in [5.41, 5.74) is 1.00.